The first-order valence-electron chi connectivity index (χ1n) is 18.3. The molecule has 262 valence electrons. The number of aryl methyl sites for hydroxylation is 1. The lowest BCUT2D eigenvalue weighted by Gasteiger charge is -2.22. The summed E-state index contributed by atoms with van der Waals surface area (Å²) in [6, 6.07) is 44.0. The number of aromatic nitrogens is 1. The van der Waals surface area contributed by atoms with Crippen molar-refractivity contribution in [1.29, 1.82) is 5.26 Å². The van der Waals surface area contributed by atoms with Crippen LogP contribution in [0.25, 0.3) is 65.2 Å². The van der Waals surface area contributed by atoms with Crippen LogP contribution < -0.4 is 0 Å². The van der Waals surface area contributed by atoms with Crippen LogP contribution >= 0.6 is 22.7 Å². The van der Waals surface area contributed by atoms with Crippen molar-refractivity contribution in [1.82, 2.24) is 4.57 Å². The SMILES string of the molecule is CCCCCCc1ccc(-c2cc3cc(-c4ccc(-c5ccc(/C=C(/C#N)C(=O)O)s5)s4)ccc3n2-c2ccc3c(c2)C(C)(C)c2ccccc2-3)cc1. The maximum atomic E-state index is 11.3. The summed E-state index contributed by atoms with van der Waals surface area (Å²) in [6.45, 7) is 6.93. The average Bonchev–Trinajstić information content (AvgIpc) is 3.97. The molecule has 53 heavy (non-hydrogen) atoms. The van der Waals surface area contributed by atoms with Crippen molar-refractivity contribution >= 4 is 45.6 Å². The number of carbonyl (C=O) groups is 1. The van der Waals surface area contributed by atoms with Gasteiger partial charge in [0.15, 0.2) is 0 Å². The Kier molecular flexibility index (Phi) is 9.24. The molecule has 6 heteroatoms. The molecule has 0 aliphatic heterocycles. The van der Waals surface area contributed by atoms with E-state index in [-0.39, 0.29) is 11.0 Å². The minimum absolute atomic E-state index is 0.0948. The molecule has 3 aromatic heterocycles. The Labute approximate surface area is 318 Å². The van der Waals surface area contributed by atoms with E-state index in [4.69, 9.17) is 0 Å². The Morgan fingerprint density at radius 1 is 0.774 bits per heavy atom. The largest absolute Gasteiger partial charge is 0.477 e. The van der Waals surface area contributed by atoms with E-state index < -0.39 is 5.97 Å². The van der Waals surface area contributed by atoms with E-state index >= 15 is 0 Å². The summed E-state index contributed by atoms with van der Waals surface area (Å²) in [7, 11) is 0. The molecule has 4 aromatic carbocycles. The van der Waals surface area contributed by atoms with Crippen LogP contribution in [0.15, 0.2) is 121 Å². The Balaban J connectivity index is 1.18. The van der Waals surface area contributed by atoms with Gasteiger partial charge >= 0.3 is 5.97 Å². The highest BCUT2D eigenvalue weighted by atomic mass is 32.1. The highest BCUT2D eigenvalue weighted by Gasteiger charge is 2.35. The molecule has 0 saturated heterocycles. The van der Waals surface area contributed by atoms with Crippen molar-refractivity contribution < 1.29 is 9.90 Å². The van der Waals surface area contributed by atoms with Gasteiger partial charge in [-0.05, 0) is 112 Å². The number of hydrogen-bond donors (Lipinski definition) is 1. The topological polar surface area (TPSA) is 66.0 Å². The van der Waals surface area contributed by atoms with Crippen LogP contribution in [0.3, 0.4) is 0 Å². The van der Waals surface area contributed by atoms with Crippen molar-refractivity contribution in [3.63, 3.8) is 0 Å². The van der Waals surface area contributed by atoms with Crippen molar-refractivity contribution in [3.05, 3.63) is 142 Å². The van der Waals surface area contributed by atoms with Gasteiger partial charge in [-0.3, -0.25) is 0 Å². The number of benzene rings is 4. The fraction of sp³-hybridized carbons (Fsp3) is 0.191. The van der Waals surface area contributed by atoms with Gasteiger partial charge in [0.2, 0.25) is 0 Å². The second-order valence-corrected chi connectivity index (χ2v) is 16.6. The third kappa shape index (κ3) is 6.45. The number of unbranched alkanes of at least 4 members (excludes halogenated alkanes) is 3. The van der Waals surface area contributed by atoms with Crippen molar-refractivity contribution in [3.8, 4) is 54.3 Å². The minimum Gasteiger partial charge on any atom is -0.477 e. The molecule has 8 rings (SSSR count). The number of thiophene rings is 2. The summed E-state index contributed by atoms with van der Waals surface area (Å²) < 4.78 is 2.43. The van der Waals surface area contributed by atoms with Gasteiger partial charge in [-0.25, -0.2) is 4.79 Å². The van der Waals surface area contributed by atoms with Crippen LogP contribution in [-0.4, -0.2) is 15.6 Å². The second kappa shape index (κ2) is 14.2. The number of carboxylic acid groups (broad SMARTS) is 1. The fourth-order valence-corrected chi connectivity index (χ4v) is 9.81. The lowest BCUT2D eigenvalue weighted by molar-refractivity contribution is -0.132. The van der Waals surface area contributed by atoms with E-state index in [0.29, 0.717) is 0 Å². The molecule has 4 nitrogen and oxygen atoms in total. The van der Waals surface area contributed by atoms with Crippen molar-refractivity contribution in [2.75, 3.05) is 0 Å². The first-order valence-corrected chi connectivity index (χ1v) is 19.9. The van der Waals surface area contributed by atoms with Gasteiger partial charge in [-0.1, -0.05) is 101 Å². The lowest BCUT2D eigenvalue weighted by atomic mass is 9.82. The molecule has 3 heterocycles. The van der Waals surface area contributed by atoms with E-state index in [2.05, 4.69) is 128 Å². The van der Waals surface area contributed by atoms with Crippen LogP contribution in [0, 0.1) is 11.3 Å². The number of nitrogens with zero attached hydrogens (tertiary/aromatic N) is 2. The zero-order valence-electron chi connectivity index (χ0n) is 30.1. The maximum absolute atomic E-state index is 11.3. The molecule has 0 atom stereocenters. The first-order chi connectivity index (χ1) is 25.7. The van der Waals surface area contributed by atoms with E-state index in [1.54, 1.807) is 17.4 Å². The number of nitriles is 1. The number of hydrogen-bond acceptors (Lipinski definition) is 4. The number of rotatable bonds is 11. The first kappa shape index (κ1) is 34.6. The predicted molar refractivity (Wildman–Crippen MR) is 222 cm³/mol. The monoisotopic (exact) mass is 728 g/mol. The smallest absolute Gasteiger partial charge is 0.346 e. The van der Waals surface area contributed by atoms with Crippen LogP contribution in [-0.2, 0) is 16.6 Å². The Hall–Kier alpha value is -5.48. The Bertz CT molecular complexity index is 2570. The van der Waals surface area contributed by atoms with E-state index in [9.17, 15) is 15.2 Å². The summed E-state index contributed by atoms with van der Waals surface area (Å²) in [5.41, 5.74) is 12.3. The standard InChI is InChI=1S/C47H40N2O2S2/c1-4-5-6-7-10-30-13-15-31(16-14-30)42-27-33-25-32(43-23-24-45(53-43)44-22-19-36(52-44)26-34(29-48)46(50)51)17-21-41(33)49(42)35-18-20-38-37-11-8-9-12-39(37)47(2,3)40(38)28-35/h8-9,11-28H,4-7,10H2,1-3H3,(H,50,51)/b34-26-. The van der Waals surface area contributed by atoms with Crippen molar-refractivity contribution in [2.45, 2.75) is 58.3 Å². The molecule has 0 bridgehead atoms. The molecule has 7 aromatic rings. The third-order valence-corrected chi connectivity index (χ3v) is 13.0. The van der Waals surface area contributed by atoms with Gasteiger partial charge in [-0.15, -0.1) is 22.7 Å². The van der Waals surface area contributed by atoms with E-state index in [1.165, 1.54) is 93.1 Å². The molecule has 1 aliphatic carbocycles. The van der Waals surface area contributed by atoms with Crippen molar-refractivity contribution in [2.24, 2.45) is 0 Å². The summed E-state index contributed by atoms with van der Waals surface area (Å²) in [6.07, 6.45) is 7.60. The average molecular weight is 729 g/mol. The van der Waals surface area contributed by atoms with Gasteiger partial charge < -0.3 is 9.67 Å². The van der Waals surface area contributed by atoms with Gasteiger partial charge in [0, 0.05) is 36.0 Å². The zero-order valence-corrected chi connectivity index (χ0v) is 31.8. The maximum Gasteiger partial charge on any atom is 0.346 e. The summed E-state index contributed by atoms with van der Waals surface area (Å²) in [4.78, 5) is 15.4. The highest BCUT2D eigenvalue weighted by Crippen LogP contribution is 2.49. The third-order valence-electron chi connectivity index (χ3n) is 10.6. The van der Waals surface area contributed by atoms with Gasteiger partial charge in [0.1, 0.15) is 11.6 Å². The predicted octanol–water partition coefficient (Wildman–Crippen LogP) is 13.2. The van der Waals surface area contributed by atoms with E-state index in [1.807, 2.05) is 12.1 Å². The molecule has 0 spiro atoms. The lowest BCUT2D eigenvalue weighted by Crippen LogP contribution is -2.15. The molecule has 0 fully saturated rings. The van der Waals surface area contributed by atoms with Gasteiger partial charge in [-0.2, -0.15) is 5.26 Å². The molecule has 1 aliphatic rings. The number of carboxylic acids is 1. The molecule has 0 saturated carbocycles. The number of fused-ring (bicyclic) bond motifs is 4. The minimum atomic E-state index is -1.21. The molecule has 0 radical (unpaired) electrons. The quantitative estimate of drug-likeness (QED) is 0.0819. The number of aliphatic carboxylic acids is 1. The fourth-order valence-electron chi connectivity index (χ4n) is 7.76. The summed E-state index contributed by atoms with van der Waals surface area (Å²) in [5, 5.41) is 19.6. The normalized spacial score (nSPS) is 13.2. The Morgan fingerprint density at radius 3 is 2.30 bits per heavy atom. The molecule has 0 amide bonds. The molecule has 0 unspecified atom stereocenters. The molecular weight excluding hydrogens is 689 g/mol. The molecule has 1 N–H and O–H groups in total. The summed E-state index contributed by atoms with van der Waals surface area (Å²) in [5.74, 6) is -1.21. The zero-order chi connectivity index (χ0) is 36.7. The van der Waals surface area contributed by atoms with Crippen LogP contribution in [0.1, 0.15) is 68.0 Å². The summed E-state index contributed by atoms with van der Waals surface area (Å²) >= 11 is 3.20. The van der Waals surface area contributed by atoms with Crippen LogP contribution in [0.4, 0.5) is 0 Å². The second-order valence-electron chi connectivity index (χ2n) is 14.4. The molecular formula is C47H40N2O2S2. The van der Waals surface area contributed by atoms with Crippen LogP contribution in [0.2, 0.25) is 0 Å². The highest BCUT2D eigenvalue weighted by molar-refractivity contribution is 7.24. The Morgan fingerprint density at radius 2 is 1.51 bits per heavy atom. The van der Waals surface area contributed by atoms with Gasteiger partial charge in [0.25, 0.3) is 0 Å². The van der Waals surface area contributed by atoms with Gasteiger partial charge in [0.05, 0.1) is 11.2 Å². The van der Waals surface area contributed by atoms with Crippen LogP contribution in [0.5, 0.6) is 0 Å². The van der Waals surface area contributed by atoms with E-state index in [0.717, 1.165) is 37.2 Å².